The molecular formula is C19H21N5O4S. The van der Waals surface area contributed by atoms with Crippen LogP contribution in [0.2, 0.25) is 0 Å². The Hall–Kier alpha value is -3.27. The molecule has 9 nitrogen and oxygen atoms in total. The molecule has 0 aliphatic carbocycles. The van der Waals surface area contributed by atoms with Crippen LogP contribution in [0.4, 0.5) is 0 Å². The maximum absolute atomic E-state index is 12.6. The molecule has 2 amide bonds. The van der Waals surface area contributed by atoms with Gasteiger partial charge in [0.2, 0.25) is 5.91 Å². The molecular weight excluding hydrogens is 394 g/mol. The van der Waals surface area contributed by atoms with Crippen LogP contribution in [0.3, 0.4) is 0 Å². The number of hydrogen-bond acceptors (Lipinski definition) is 6. The normalized spacial score (nSPS) is 10.8. The van der Waals surface area contributed by atoms with E-state index in [9.17, 15) is 19.2 Å². The van der Waals surface area contributed by atoms with E-state index in [2.05, 4.69) is 16.0 Å². The number of aromatic nitrogens is 3. The van der Waals surface area contributed by atoms with Crippen molar-refractivity contribution in [1.82, 2.24) is 25.2 Å². The number of fused-ring (bicyclic) bond motifs is 1. The molecule has 152 valence electrons. The second-order valence-corrected chi connectivity index (χ2v) is 7.29. The lowest BCUT2D eigenvalue weighted by atomic mass is 10.1. The first-order valence-corrected chi connectivity index (χ1v) is 10.0. The molecule has 3 aromatic rings. The zero-order valence-corrected chi connectivity index (χ0v) is 16.9. The van der Waals surface area contributed by atoms with E-state index in [4.69, 9.17) is 0 Å². The Kier molecular flexibility index (Phi) is 6.23. The highest BCUT2D eigenvalue weighted by atomic mass is 32.1. The lowest BCUT2D eigenvalue weighted by Gasteiger charge is -2.11. The van der Waals surface area contributed by atoms with Gasteiger partial charge in [-0.3, -0.25) is 30.0 Å². The number of rotatable bonds is 6. The molecule has 0 aliphatic heterocycles. The van der Waals surface area contributed by atoms with E-state index in [1.165, 1.54) is 9.25 Å². The van der Waals surface area contributed by atoms with Crippen molar-refractivity contribution < 1.29 is 9.59 Å². The van der Waals surface area contributed by atoms with E-state index in [1.807, 2.05) is 6.92 Å². The van der Waals surface area contributed by atoms with Crippen molar-refractivity contribution in [2.45, 2.75) is 39.8 Å². The topological polar surface area (TPSA) is 115 Å². The van der Waals surface area contributed by atoms with Crippen LogP contribution in [0.1, 0.15) is 35.9 Å². The molecule has 3 rings (SSSR count). The minimum Gasteiger partial charge on any atom is -0.303 e. The fourth-order valence-electron chi connectivity index (χ4n) is 2.90. The lowest BCUT2D eigenvalue weighted by molar-refractivity contribution is -0.122. The van der Waals surface area contributed by atoms with Crippen molar-refractivity contribution in [2.24, 2.45) is 0 Å². The number of carbonyl (C=O) groups is 2. The van der Waals surface area contributed by atoms with E-state index in [0.717, 1.165) is 17.0 Å². The highest BCUT2D eigenvalue weighted by Crippen LogP contribution is 2.13. The molecule has 0 spiro atoms. The summed E-state index contributed by atoms with van der Waals surface area (Å²) in [7, 11) is 0. The molecule has 0 atom stereocenters. The molecule has 0 saturated carbocycles. The number of carbonyl (C=O) groups excluding carboxylic acids is 2. The minimum atomic E-state index is -0.622. The van der Waals surface area contributed by atoms with Gasteiger partial charge in [0.1, 0.15) is 0 Å². The number of benzene rings is 1. The molecule has 0 radical (unpaired) electrons. The zero-order chi connectivity index (χ0) is 21.0. The largest absolute Gasteiger partial charge is 0.307 e. The number of nitrogens with zero attached hydrogens (tertiary/aromatic N) is 3. The maximum atomic E-state index is 12.6. The number of thiazole rings is 1. The van der Waals surface area contributed by atoms with Gasteiger partial charge in [0.05, 0.1) is 5.39 Å². The Labute approximate surface area is 169 Å². The van der Waals surface area contributed by atoms with Crippen LogP contribution >= 0.6 is 11.3 Å². The van der Waals surface area contributed by atoms with Gasteiger partial charge in [-0.05, 0) is 19.4 Å². The summed E-state index contributed by atoms with van der Waals surface area (Å²) in [4.78, 5) is 48.7. The predicted octanol–water partition coefficient (Wildman–Crippen LogP) is 1.19. The van der Waals surface area contributed by atoms with Gasteiger partial charge < -0.3 is 4.57 Å². The van der Waals surface area contributed by atoms with Crippen LogP contribution in [0.5, 0.6) is 0 Å². The van der Waals surface area contributed by atoms with Gasteiger partial charge in [-0.2, -0.15) is 5.10 Å². The van der Waals surface area contributed by atoms with Gasteiger partial charge in [-0.1, -0.05) is 36.5 Å². The summed E-state index contributed by atoms with van der Waals surface area (Å²) in [6, 6.07) is 6.71. The Morgan fingerprint density at radius 3 is 2.48 bits per heavy atom. The third kappa shape index (κ3) is 4.43. The van der Waals surface area contributed by atoms with Gasteiger partial charge in [0.15, 0.2) is 5.69 Å². The second kappa shape index (κ2) is 8.82. The summed E-state index contributed by atoms with van der Waals surface area (Å²) in [6.45, 7) is 4.30. The third-order valence-electron chi connectivity index (χ3n) is 4.37. The van der Waals surface area contributed by atoms with E-state index >= 15 is 0 Å². The molecule has 0 saturated heterocycles. The average molecular weight is 415 g/mol. The number of amides is 2. The van der Waals surface area contributed by atoms with Gasteiger partial charge in [-0.25, -0.2) is 4.68 Å². The Balaban J connectivity index is 1.73. The van der Waals surface area contributed by atoms with Crippen molar-refractivity contribution in [1.29, 1.82) is 0 Å². The highest BCUT2D eigenvalue weighted by molar-refractivity contribution is 7.07. The number of nitrogens with one attached hydrogen (secondary N) is 2. The van der Waals surface area contributed by atoms with Crippen molar-refractivity contribution in [3.8, 4) is 0 Å². The van der Waals surface area contributed by atoms with Crippen molar-refractivity contribution in [3.63, 3.8) is 0 Å². The first-order valence-electron chi connectivity index (χ1n) is 9.16. The summed E-state index contributed by atoms with van der Waals surface area (Å²) in [6.07, 6.45) is 0.714. The van der Waals surface area contributed by atoms with Gasteiger partial charge in [-0.15, -0.1) is 0 Å². The molecule has 0 fully saturated rings. The lowest BCUT2D eigenvalue weighted by Crippen LogP contribution is -2.43. The summed E-state index contributed by atoms with van der Waals surface area (Å²) in [5, 5.41) is 6.70. The SMILES string of the molecule is CCCn1nc(C(=O)NNC(=O)CCn2c(C)csc2=O)c2ccccc2c1=O. The first-order chi connectivity index (χ1) is 13.9. The Morgan fingerprint density at radius 2 is 1.83 bits per heavy atom. The summed E-state index contributed by atoms with van der Waals surface area (Å²) >= 11 is 1.08. The van der Waals surface area contributed by atoms with Crippen LogP contribution in [0.25, 0.3) is 10.8 Å². The van der Waals surface area contributed by atoms with Gasteiger partial charge in [0.25, 0.3) is 11.5 Å². The Bertz CT molecular complexity index is 1180. The molecule has 1 aromatic carbocycles. The van der Waals surface area contributed by atoms with Crippen LogP contribution in [0.15, 0.2) is 39.2 Å². The molecule has 2 aromatic heterocycles. The van der Waals surface area contributed by atoms with Crippen LogP contribution in [-0.4, -0.2) is 26.2 Å². The number of hydrogen-bond donors (Lipinski definition) is 2. The summed E-state index contributed by atoms with van der Waals surface area (Å²) in [5.74, 6) is -1.06. The summed E-state index contributed by atoms with van der Waals surface area (Å²) < 4.78 is 2.76. The smallest absolute Gasteiger partial charge is 0.303 e. The molecule has 0 unspecified atom stereocenters. The molecule has 0 aliphatic rings. The number of hydrazine groups is 1. The first kappa shape index (κ1) is 20.5. The molecule has 2 N–H and O–H groups in total. The Morgan fingerprint density at radius 1 is 1.10 bits per heavy atom. The average Bonchev–Trinajstić information content (AvgIpc) is 3.04. The third-order valence-corrected chi connectivity index (χ3v) is 5.25. The molecule has 10 heteroatoms. The fourth-order valence-corrected chi connectivity index (χ4v) is 3.66. The van der Waals surface area contributed by atoms with E-state index in [0.29, 0.717) is 23.7 Å². The predicted molar refractivity (Wildman–Crippen MR) is 110 cm³/mol. The van der Waals surface area contributed by atoms with Gasteiger partial charge >= 0.3 is 4.87 Å². The standard InChI is InChI=1S/C19H21N5O4S/c1-3-9-24-18(27)14-7-5-4-6-13(14)16(22-24)17(26)21-20-15(25)8-10-23-12(2)11-29-19(23)28/h4-7,11H,3,8-10H2,1-2H3,(H,20,25)(H,21,26). The summed E-state index contributed by atoms with van der Waals surface area (Å²) in [5.41, 5.74) is 5.25. The van der Waals surface area contributed by atoms with Crippen molar-refractivity contribution in [3.05, 3.63) is 61.1 Å². The van der Waals surface area contributed by atoms with E-state index < -0.39 is 11.8 Å². The van der Waals surface area contributed by atoms with E-state index in [-0.39, 0.29) is 29.1 Å². The van der Waals surface area contributed by atoms with Crippen LogP contribution in [0, 0.1) is 6.92 Å². The molecule has 29 heavy (non-hydrogen) atoms. The monoisotopic (exact) mass is 415 g/mol. The second-order valence-electron chi connectivity index (χ2n) is 6.47. The number of aryl methyl sites for hydroxylation is 2. The van der Waals surface area contributed by atoms with E-state index in [1.54, 1.807) is 36.6 Å². The maximum Gasteiger partial charge on any atom is 0.307 e. The van der Waals surface area contributed by atoms with Crippen molar-refractivity contribution in [2.75, 3.05) is 0 Å². The fraction of sp³-hybridized carbons (Fsp3) is 0.316. The minimum absolute atomic E-state index is 0.0290. The van der Waals surface area contributed by atoms with Crippen LogP contribution < -0.4 is 21.3 Å². The molecule has 0 bridgehead atoms. The zero-order valence-electron chi connectivity index (χ0n) is 16.1. The molecule has 2 heterocycles. The van der Waals surface area contributed by atoms with Gasteiger partial charge in [0, 0.05) is 36.0 Å². The van der Waals surface area contributed by atoms with Crippen LogP contribution in [-0.2, 0) is 17.9 Å². The highest BCUT2D eigenvalue weighted by Gasteiger charge is 2.17. The quantitative estimate of drug-likeness (QED) is 0.587. The van der Waals surface area contributed by atoms with Crippen molar-refractivity contribution >= 4 is 33.9 Å².